The molecule has 2 heterocycles. The monoisotopic (exact) mass is 337 g/mol. The van der Waals surface area contributed by atoms with Gasteiger partial charge >= 0.3 is 0 Å². The van der Waals surface area contributed by atoms with E-state index in [9.17, 15) is 4.79 Å². The summed E-state index contributed by atoms with van der Waals surface area (Å²) in [5.74, 6) is 0.127. The Morgan fingerprint density at radius 1 is 0.960 bits per heavy atom. The van der Waals surface area contributed by atoms with Gasteiger partial charge in [0.2, 0.25) is 0 Å². The average Bonchev–Trinajstić information content (AvgIpc) is 2.61. The molecule has 0 saturated carbocycles. The molecule has 0 bridgehead atoms. The number of carbonyl (C=O) groups excluding carboxylic acids is 1. The number of hydrogen-bond acceptors (Lipinski definition) is 3. The van der Waals surface area contributed by atoms with Crippen molar-refractivity contribution in [3.63, 3.8) is 0 Å². The Hall–Kier alpha value is -2.20. The number of benzene rings is 1. The van der Waals surface area contributed by atoms with Gasteiger partial charge in [-0.3, -0.25) is 14.7 Å². The molecule has 0 radical (unpaired) electrons. The van der Waals surface area contributed by atoms with Gasteiger partial charge in [0.05, 0.1) is 0 Å². The average molecular weight is 337 g/mol. The van der Waals surface area contributed by atoms with E-state index in [0.29, 0.717) is 0 Å². The molecule has 1 aliphatic rings. The third kappa shape index (κ3) is 4.07. The lowest BCUT2D eigenvalue weighted by Gasteiger charge is -2.42. The van der Waals surface area contributed by atoms with Crippen molar-refractivity contribution in [1.82, 2.24) is 14.8 Å². The molecular weight excluding hydrogens is 310 g/mol. The second-order valence-electron chi connectivity index (χ2n) is 7.78. The van der Waals surface area contributed by atoms with Crippen LogP contribution in [0.1, 0.15) is 36.7 Å². The molecule has 0 N–H and O–H groups in total. The Morgan fingerprint density at radius 2 is 1.60 bits per heavy atom. The molecule has 0 spiro atoms. The Kier molecular flexibility index (Phi) is 4.91. The molecule has 0 atom stereocenters. The Balaban J connectivity index is 1.68. The van der Waals surface area contributed by atoms with Crippen LogP contribution < -0.4 is 0 Å². The molecule has 1 aromatic heterocycles. The van der Waals surface area contributed by atoms with E-state index < -0.39 is 0 Å². The van der Waals surface area contributed by atoms with Crippen molar-refractivity contribution < 1.29 is 4.79 Å². The summed E-state index contributed by atoms with van der Waals surface area (Å²) in [6, 6.07) is 9.98. The summed E-state index contributed by atoms with van der Waals surface area (Å²) < 4.78 is 0. The van der Waals surface area contributed by atoms with E-state index in [1.807, 2.05) is 48.5 Å². The first-order valence-electron chi connectivity index (χ1n) is 8.91. The molecule has 25 heavy (non-hydrogen) atoms. The lowest BCUT2D eigenvalue weighted by atomic mass is 10.0. The van der Waals surface area contributed by atoms with Crippen LogP contribution in [0.3, 0.4) is 0 Å². The summed E-state index contributed by atoms with van der Waals surface area (Å²) >= 11 is 0. The fraction of sp³-hybridized carbons (Fsp3) is 0.429. The number of aryl methyl sites for hydroxylation is 1. The number of hydrogen-bond donors (Lipinski definition) is 0. The van der Waals surface area contributed by atoms with Gasteiger partial charge in [0.25, 0.3) is 5.91 Å². The van der Waals surface area contributed by atoms with Gasteiger partial charge in [-0.15, -0.1) is 0 Å². The molecule has 1 amide bonds. The van der Waals surface area contributed by atoms with E-state index in [4.69, 9.17) is 0 Å². The second kappa shape index (κ2) is 6.96. The molecule has 4 nitrogen and oxygen atoms in total. The Labute approximate surface area is 150 Å². The molecule has 3 rings (SSSR count). The van der Waals surface area contributed by atoms with Crippen molar-refractivity contribution in [2.24, 2.45) is 0 Å². The van der Waals surface area contributed by atoms with Crippen molar-refractivity contribution >= 4 is 5.91 Å². The van der Waals surface area contributed by atoms with Gasteiger partial charge in [-0.05, 0) is 57.0 Å². The highest BCUT2D eigenvalue weighted by Crippen LogP contribution is 2.21. The molecule has 0 unspecified atom stereocenters. The lowest BCUT2D eigenvalue weighted by molar-refractivity contribution is 0.0451. The van der Waals surface area contributed by atoms with Crippen LogP contribution in [-0.2, 0) is 0 Å². The quantitative estimate of drug-likeness (QED) is 0.840. The third-order valence-corrected chi connectivity index (χ3v) is 4.86. The van der Waals surface area contributed by atoms with E-state index in [1.54, 1.807) is 0 Å². The number of pyridine rings is 1. The molecule has 1 aliphatic heterocycles. The van der Waals surface area contributed by atoms with Gasteiger partial charge in [0.1, 0.15) is 0 Å². The topological polar surface area (TPSA) is 36.4 Å². The molecule has 1 fully saturated rings. The maximum Gasteiger partial charge on any atom is 0.253 e. The van der Waals surface area contributed by atoms with E-state index >= 15 is 0 Å². The van der Waals surface area contributed by atoms with Gasteiger partial charge in [-0.25, -0.2) is 0 Å². The maximum absolute atomic E-state index is 12.8. The standard InChI is InChI=1S/C21H27N3O/c1-16-13-19(15-22-14-16)17-5-7-18(8-6-17)20(25)23-9-11-24(12-10-23)21(2,3)4/h5-8,13-15H,9-12H2,1-4H3. The summed E-state index contributed by atoms with van der Waals surface area (Å²) in [4.78, 5) is 21.4. The minimum Gasteiger partial charge on any atom is -0.336 e. The van der Waals surface area contributed by atoms with Crippen LogP contribution >= 0.6 is 0 Å². The van der Waals surface area contributed by atoms with Crippen molar-refractivity contribution in [2.45, 2.75) is 33.2 Å². The van der Waals surface area contributed by atoms with Crippen LogP contribution in [0.2, 0.25) is 0 Å². The largest absolute Gasteiger partial charge is 0.336 e. The maximum atomic E-state index is 12.8. The molecule has 1 aromatic carbocycles. The molecule has 132 valence electrons. The molecule has 1 saturated heterocycles. The predicted octanol–water partition coefficient (Wildman–Crippen LogP) is 3.61. The van der Waals surface area contributed by atoms with Crippen molar-refractivity contribution in [1.29, 1.82) is 0 Å². The van der Waals surface area contributed by atoms with Crippen molar-refractivity contribution in [3.05, 3.63) is 53.9 Å². The fourth-order valence-corrected chi connectivity index (χ4v) is 3.28. The van der Waals surface area contributed by atoms with E-state index in [0.717, 1.165) is 48.4 Å². The highest BCUT2D eigenvalue weighted by molar-refractivity contribution is 5.94. The molecule has 0 aliphatic carbocycles. The van der Waals surface area contributed by atoms with Crippen LogP contribution in [0.25, 0.3) is 11.1 Å². The summed E-state index contributed by atoms with van der Waals surface area (Å²) in [6.45, 7) is 12.2. The summed E-state index contributed by atoms with van der Waals surface area (Å²) in [7, 11) is 0. The molecule has 2 aromatic rings. The van der Waals surface area contributed by atoms with Crippen LogP contribution in [0.4, 0.5) is 0 Å². The number of aromatic nitrogens is 1. The zero-order valence-corrected chi connectivity index (χ0v) is 15.6. The first kappa shape index (κ1) is 17.6. The highest BCUT2D eigenvalue weighted by Gasteiger charge is 2.28. The highest BCUT2D eigenvalue weighted by atomic mass is 16.2. The minimum atomic E-state index is 0.127. The van der Waals surface area contributed by atoms with Crippen molar-refractivity contribution in [2.75, 3.05) is 26.2 Å². The number of amides is 1. The SMILES string of the molecule is Cc1cncc(-c2ccc(C(=O)N3CCN(C(C)(C)C)CC3)cc2)c1. The number of rotatable bonds is 2. The summed E-state index contributed by atoms with van der Waals surface area (Å²) in [5.41, 5.74) is 4.23. The molecule has 4 heteroatoms. The third-order valence-electron chi connectivity index (χ3n) is 4.86. The number of piperazine rings is 1. The second-order valence-corrected chi connectivity index (χ2v) is 7.78. The first-order valence-corrected chi connectivity index (χ1v) is 8.91. The Morgan fingerprint density at radius 3 is 2.16 bits per heavy atom. The first-order chi connectivity index (χ1) is 11.8. The minimum absolute atomic E-state index is 0.127. The lowest BCUT2D eigenvalue weighted by Crippen LogP contribution is -2.54. The van der Waals surface area contributed by atoms with Crippen LogP contribution in [-0.4, -0.2) is 52.4 Å². The van der Waals surface area contributed by atoms with Gasteiger partial charge in [-0.1, -0.05) is 12.1 Å². The number of carbonyl (C=O) groups is 1. The van der Waals surface area contributed by atoms with Gasteiger partial charge in [-0.2, -0.15) is 0 Å². The van der Waals surface area contributed by atoms with Crippen LogP contribution in [0.15, 0.2) is 42.7 Å². The van der Waals surface area contributed by atoms with Gasteiger partial charge in [0, 0.05) is 55.2 Å². The van der Waals surface area contributed by atoms with Crippen molar-refractivity contribution in [3.8, 4) is 11.1 Å². The van der Waals surface area contributed by atoms with Crippen LogP contribution in [0, 0.1) is 6.92 Å². The molecular formula is C21H27N3O. The smallest absolute Gasteiger partial charge is 0.253 e. The van der Waals surface area contributed by atoms with Crippen LogP contribution in [0.5, 0.6) is 0 Å². The van der Waals surface area contributed by atoms with E-state index in [1.165, 1.54) is 0 Å². The van der Waals surface area contributed by atoms with E-state index in [2.05, 4.69) is 36.7 Å². The summed E-state index contributed by atoms with van der Waals surface area (Å²) in [5, 5.41) is 0. The summed E-state index contributed by atoms with van der Waals surface area (Å²) in [6.07, 6.45) is 3.70. The predicted molar refractivity (Wildman–Crippen MR) is 102 cm³/mol. The zero-order valence-electron chi connectivity index (χ0n) is 15.6. The Bertz CT molecular complexity index is 738. The zero-order chi connectivity index (χ0) is 18.0. The van der Waals surface area contributed by atoms with E-state index in [-0.39, 0.29) is 11.4 Å². The van der Waals surface area contributed by atoms with Gasteiger partial charge in [0.15, 0.2) is 0 Å². The van der Waals surface area contributed by atoms with Gasteiger partial charge < -0.3 is 4.90 Å². The normalized spacial score (nSPS) is 16.1. The fourth-order valence-electron chi connectivity index (χ4n) is 3.28. The number of nitrogens with zero attached hydrogens (tertiary/aromatic N) is 3.